The van der Waals surface area contributed by atoms with Crippen molar-refractivity contribution >= 4 is 23.6 Å². The number of hydrogen-bond acceptors (Lipinski definition) is 3. The first-order valence-electron chi connectivity index (χ1n) is 7.70. The minimum atomic E-state index is -0.714. The maximum atomic E-state index is 13.8. The van der Waals surface area contributed by atoms with E-state index in [1.165, 1.54) is 32.4 Å². The van der Waals surface area contributed by atoms with E-state index in [0.717, 1.165) is 12.1 Å². The highest BCUT2D eigenvalue weighted by Gasteiger charge is 2.13. The predicted molar refractivity (Wildman–Crippen MR) is 96.5 cm³/mol. The second kappa shape index (κ2) is 8.67. The summed E-state index contributed by atoms with van der Waals surface area (Å²) in [6, 6.07) is 5.88. The van der Waals surface area contributed by atoms with Gasteiger partial charge in [0, 0.05) is 17.7 Å². The number of halogens is 3. The van der Waals surface area contributed by atoms with Crippen LogP contribution in [-0.4, -0.2) is 20.1 Å². The third kappa shape index (κ3) is 4.73. The Bertz CT molecular complexity index is 840. The van der Waals surface area contributed by atoms with Gasteiger partial charge in [-0.15, -0.1) is 0 Å². The summed E-state index contributed by atoms with van der Waals surface area (Å²) in [5, 5.41) is 2.96. The van der Waals surface area contributed by atoms with E-state index in [2.05, 4.69) is 5.32 Å². The van der Waals surface area contributed by atoms with E-state index in [1.54, 1.807) is 19.1 Å². The fourth-order valence-electron chi connectivity index (χ4n) is 2.40. The zero-order chi connectivity index (χ0) is 19.3. The number of carbonyl (C=O) groups is 1. The Kier molecular flexibility index (Phi) is 6.58. The number of methoxy groups -OCH3 is 2. The Hall–Kier alpha value is -2.60. The fourth-order valence-corrected chi connectivity index (χ4v) is 2.69. The van der Waals surface area contributed by atoms with Crippen LogP contribution >= 0.6 is 11.6 Å². The first kappa shape index (κ1) is 19.7. The topological polar surface area (TPSA) is 47.6 Å². The van der Waals surface area contributed by atoms with Crippen LogP contribution in [0, 0.1) is 11.6 Å². The minimum absolute atomic E-state index is 0.197. The maximum Gasteiger partial charge on any atom is 0.244 e. The fraction of sp³-hybridized carbons (Fsp3) is 0.211. The first-order chi connectivity index (χ1) is 12.3. The van der Waals surface area contributed by atoms with Crippen LogP contribution in [0.15, 0.2) is 36.4 Å². The van der Waals surface area contributed by atoms with E-state index in [1.807, 2.05) is 0 Å². The van der Waals surface area contributed by atoms with Gasteiger partial charge in [0.25, 0.3) is 0 Å². The standard InChI is InChI=1S/C19H18ClF2NO3/c1-11(14-6-5-13(21)10-16(14)22)23-18(24)7-4-12-8-15(20)19(26-3)17(9-12)25-2/h4-11H,1-3H3,(H,23,24)/b7-4+/t11-/m1/s1. The van der Waals surface area contributed by atoms with Gasteiger partial charge < -0.3 is 14.8 Å². The lowest BCUT2D eigenvalue weighted by molar-refractivity contribution is -0.117. The number of carbonyl (C=O) groups excluding carboxylic acids is 1. The maximum absolute atomic E-state index is 13.8. The second-order valence-corrected chi connectivity index (χ2v) is 5.87. The molecule has 1 atom stereocenters. The van der Waals surface area contributed by atoms with Gasteiger partial charge in [-0.05, 0) is 36.8 Å². The number of amides is 1. The molecule has 2 rings (SSSR count). The highest BCUT2D eigenvalue weighted by molar-refractivity contribution is 6.32. The van der Waals surface area contributed by atoms with Crippen LogP contribution in [0.4, 0.5) is 8.78 Å². The molecule has 0 aliphatic rings. The van der Waals surface area contributed by atoms with Crippen LogP contribution in [0.1, 0.15) is 24.1 Å². The van der Waals surface area contributed by atoms with Crippen molar-refractivity contribution in [2.75, 3.05) is 14.2 Å². The van der Waals surface area contributed by atoms with Crippen LogP contribution in [0.3, 0.4) is 0 Å². The Labute approximate surface area is 155 Å². The molecule has 2 aromatic carbocycles. The summed E-state index contributed by atoms with van der Waals surface area (Å²) in [7, 11) is 2.95. The van der Waals surface area contributed by atoms with Crippen molar-refractivity contribution < 1.29 is 23.0 Å². The Morgan fingerprint density at radius 3 is 2.54 bits per heavy atom. The molecule has 0 saturated carbocycles. The van der Waals surface area contributed by atoms with Crippen molar-refractivity contribution in [2.24, 2.45) is 0 Å². The van der Waals surface area contributed by atoms with Crippen molar-refractivity contribution in [1.29, 1.82) is 0 Å². The predicted octanol–water partition coefficient (Wildman–Crippen LogP) is 4.53. The summed E-state index contributed by atoms with van der Waals surface area (Å²) in [5.41, 5.74) is 0.825. The molecule has 1 amide bonds. The van der Waals surface area contributed by atoms with Gasteiger partial charge in [0.1, 0.15) is 11.6 Å². The van der Waals surface area contributed by atoms with Gasteiger partial charge in [0.05, 0.1) is 25.3 Å². The number of ether oxygens (including phenoxy) is 2. The molecule has 0 bridgehead atoms. The lowest BCUT2D eigenvalue weighted by atomic mass is 10.1. The number of nitrogens with one attached hydrogen (secondary N) is 1. The van der Waals surface area contributed by atoms with Crippen LogP contribution in [0.25, 0.3) is 6.08 Å². The van der Waals surface area contributed by atoms with E-state index >= 15 is 0 Å². The van der Waals surface area contributed by atoms with Crippen LogP contribution in [-0.2, 0) is 4.79 Å². The molecule has 0 radical (unpaired) electrons. The molecule has 0 spiro atoms. The molecule has 0 heterocycles. The second-order valence-electron chi connectivity index (χ2n) is 5.47. The molecule has 4 nitrogen and oxygen atoms in total. The Balaban J connectivity index is 2.11. The smallest absolute Gasteiger partial charge is 0.244 e. The molecule has 0 aromatic heterocycles. The average molecular weight is 382 g/mol. The van der Waals surface area contributed by atoms with Gasteiger partial charge in [-0.1, -0.05) is 17.7 Å². The summed E-state index contributed by atoms with van der Waals surface area (Å²) in [5.74, 6) is -0.992. The number of rotatable bonds is 6. The van der Waals surface area contributed by atoms with Crippen LogP contribution in [0.2, 0.25) is 5.02 Å². The van der Waals surface area contributed by atoms with Gasteiger partial charge in [-0.2, -0.15) is 0 Å². The summed E-state index contributed by atoms with van der Waals surface area (Å²) >= 11 is 6.11. The third-order valence-electron chi connectivity index (χ3n) is 3.67. The molecular weight excluding hydrogens is 364 g/mol. The Morgan fingerprint density at radius 1 is 1.19 bits per heavy atom. The van der Waals surface area contributed by atoms with Gasteiger partial charge in [-0.3, -0.25) is 4.79 Å². The lowest BCUT2D eigenvalue weighted by Crippen LogP contribution is -2.25. The average Bonchev–Trinajstić information content (AvgIpc) is 2.59. The van der Waals surface area contributed by atoms with Crippen LogP contribution in [0.5, 0.6) is 11.5 Å². The zero-order valence-corrected chi connectivity index (χ0v) is 15.2. The van der Waals surface area contributed by atoms with Gasteiger partial charge >= 0.3 is 0 Å². The highest BCUT2D eigenvalue weighted by atomic mass is 35.5. The van der Waals surface area contributed by atoms with E-state index in [9.17, 15) is 13.6 Å². The quantitative estimate of drug-likeness (QED) is 0.748. The molecule has 0 saturated heterocycles. The van der Waals surface area contributed by atoms with Gasteiger partial charge in [0.15, 0.2) is 11.5 Å². The van der Waals surface area contributed by atoms with Crippen molar-refractivity contribution in [3.05, 3.63) is 64.2 Å². The third-order valence-corrected chi connectivity index (χ3v) is 3.95. The molecule has 0 fully saturated rings. The van der Waals surface area contributed by atoms with Gasteiger partial charge in [-0.25, -0.2) is 8.78 Å². The molecule has 0 aliphatic carbocycles. The van der Waals surface area contributed by atoms with E-state index in [0.29, 0.717) is 22.1 Å². The minimum Gasteiger partial charge on any atom is -0.493 e. The van der Waals surface area contributed by atoms with Crippen molar-refractivity contribution in [3.8, 4) is 11.5 Å². The van der Waals surface area contributed by atoms with E-state index in [4.69, 9.17) is 21.1 Å². The summed E-state index contributed by atoms with van der Waals surface area (Å²) in [6.07, 6.45) is 2.83. The monoisotopic (exact) mass is 381 g/mol. The first-order valence-corrected chi connectivity index (χ1v) is 8.08. The summed E-state index contributed by atoms with van der Waals surface area (Å²) in [6.45, 7) is 1.61. The number of hydrogen-bond donors (Lipinski definition) is 1. The van der Waals surface area contributed by atoms with Crippen molar-refractivity contribution in [2.45, 2.75) is 13.0 Å². The van der Waals surface area contributed by atoms with Crippen molar-refractivity contribution in [3.63, 3.8) is 0 Å². The zero-order valence-electron chi connectivity index (χ0n) is 14.5. The molecule has 0 unspecified atom stereocenters. The van der Waals surface area contributed by atoms with E-state index in [-0.39, 0.29) is 5.56 Å². The molecule has 26 heavy (non-hydrogen) atoms. The molecule has 138 valence electrons. The SMILES string of the molecule is COc1cc(/C=C/C(=O)N[C@H](C)c2ccc(F)cc2F)cc(Cl)c1OC. The molecular formula is C19H18ClF2NO3. The largest absolute Gasteiger partial charge is 0.493 e. The van der Waals surface area contributed by atoms with Crippen LogP contribution < -0.4 is 14.8 Å². The molecule has 0 aliphatic heterocycles. The van der Waals surface area contributed by atoms with E-state index < -0.39 is 23.6 Å². The highest BCUT2D eigenvalue weighted by Crippen LogP contribution is 2.36. The number of benzene rings is 2. The molecule has 7 heteroatoms. The van der Waals surface area contributed by atoms with Crippen molar-refractivity contribution in [1.82, 2.24) is 5.32 Å². The summed E-state index contributed by atoms with van der Waals surface area (Å²) < 4.78 is 37.1. The summed E-state index contributed by atoms with van der Waals surface area (Å²) in [4.78, 5) is 12.1. The molecule has 1 N–H and O–H groups in total. The molecule has 2 aromatic rings. The Morgan fingerprint density at radius 2 is 1.92 bits per heavy atom. The van der Waals surface area contributed by atoms with Gasteiger partial charge in [0.2, 0.25) is 5.91 Å². The lowest BCUT2D eigenvalue weighted by Gasteiger charge is -2.14. The normalized spacial score (nSPS) is 12.1.